The smallest absolute Gasteiger partial charge is 0.138 e. The minimum Gasteiger partial charge on any atom is -0.293 e. The predicted octanol–water partition coefficient (Wildman–Crippen LogP) is 12.4. The number of hydrogen-bond acceptors (Lipinski definition) is 3. The maximum absolute atomic E-state index is 5.48. The molecule has 0 amide bonds. The maximum atomic E-state index is 5.48. The zero-order valence-corrected chi connectivity index (χ0v) is 28.2. The summed E-state index contributed by atoms with van der Waals surface area (Å²) in [6, 6.07) is 52.9. The fourth-order valence-corrected chi connectivity index (χ4v) is 10.2. The molecular formula is C44H30N2S2. The van der Waals surface area contributed by atoms with E-state index in [1.807, 2.05) is 23.5 Å². The van der Waals surface area contributed by atoms with Gasteiger partial charge in [-0.2, -0.15) is 0 Å². The quantitative estimate of drug-likeness (QED) is 0.189. The van der Waals surface area contributed by atoms with Crippen LogP contribution in [0, 0.1) is 0 Å². The first-order valence-corrected chi connectivity index (χ1v) is 18.0. The van der Waals surface area contributed by atoms with Gasteiger partial charge in [0.2, 0.25) is 0 Å². The van der Waals surface area contributed by atoms with Gasteiger partial charge in [0.1, 0.15) is 5.82 Å². The lowest BCUT2D eigenvalue weighted by atomic mass is 9.80. The normalized spacial score (nSPS) is 14.0. The van der Waals surface area contributed by atoms with Crippen LogP contribution >= 0.6 is 23.5 Å². The van der Waals surface area contributed by atoms with Gasteiger partial charge in [0.15, 0.2) is 0 Å². The van der Waals surface area contributed by atoms with Crippen LogP contribution < -0.4 is 0 Å². The first kappa shape index (κ1) is 28.0. The Labute approximate surface area is 288 Å². The Morgan fingerprint density at radius 1 is 0.562 bits per heavy atom. The van der Waals surface area contributed by atoms with Crippen molar-refractivity contribution in [3.63, 3.8) is 0 Å². The molecular weight excluding hydrogens is 621 g/mol. The van der Waals surface area contributed by atoms with Crippen LogP contribution in [0.1, 0.15) is 25.0 Å². The molecule has 1 aliphatic carbocycles. The molecule has 1 aliphatic heterocycles. The molecule has 2 aliphatic rings. The highest BCUT2D eigenvalue weighted by Crippen LogP contribution is 2.56. The van der Waals surface area contributed by atoms with Gasteiger partial charge in [0.05, 0.1) is 21.6 Å². The van der Waals surface area contributed by atoms with E-state index in [2.05, 4.69) is 164 Å². The molecule has 0 atom stereocenters. The lowest BCUT2D eigenvalue weighted by Gasteiger charge is -2.22. The van der Waals surface area contributed by atoms with Gasteiger partial charge in [-0.25, -0.2) is 4.98 Å². The van der Waals surface area contributed by atoms with Gasteiger partial charge < -0.3 is 0 Å². The van der Waals surface area contributed by atoms with E-state index >= 15 is 0 Å². The summed E-state index contributed by atoms with van der Waals surface area (Å²) >= 11 is 3.76. The van der Waals surface area contributed by atoms with Crippen LogP contribution in [-0.4, -0.2) is 9.55 Å². The van der Waals surface area contributed by atoms with Crippen LogP contribution in [0.5, 0.6) is 0 Å². The number of nitrogens with zero attached hydrogens (tertiary/aromatic N) is 2. The number of benzene rings is 6. The molecule has 2 aromatic heterocycles. The Bertz CT molecular complexity index is 2520. The summed E-state index contributed by atoms with van der Waals surface area (Å²) in [5.41, 5.74) is 12.1. The van der Waals surface area contributed by atoms with E-state index in [1.54, 1.807) is 0 Å². The first-order valence-electron chi connectivity index (χ1n) is 16.4. The number of fused-ring (bicyclic) bond motifs is 10. The zero-order chi connectivity index (χ0) is 32.0. The third-order valence-electron chi connectivity index (χ3n) is 10.0. The highest BCUT2D eigenvalue weighted by atomic mass is 32.2. The Kier molecular flexibility index (Phi) is 6.12. The summed E-state index contributed by atoms with van der Waals surface area (Å²) in [4.78, 5) is 10.7. The summed E-state index contributed by atoms with van der Waals surface area (Å²) in [5, 5.41) is 2.60. The van der Waals surface area contributed by atoms with Gasteiger partial charge in [-0.1, -0.05) is 147 Å². The van der Waals surface area contributed by atoms with E-state index in [0.717, 1.165) is 22.6 Å². The molecule has 0 N–H and O–H groups in total. The third-order valence-corrected chi connectivity index (χ3v) is 12.6. The maximum Gasteiger partial charge on any atom is 0.138 e. The largest absolute Gasteiger partial charge is 0.293 e. The van der Waals surface area contributed by atoms with E-state index in [9.17, 15) is 0 Å². The summed E-state index contributed by atoms with van der Waals surface area (Å²) in [6.07, 6.45) is 0. The second kappa shape index (κ2) is 10.5. The molecule has 8 aromatic rings. The van der Waals surface area contributed by atoms with Gasteiger partial charge in [0, 0.05) is 36.4 Å². The summed E-state index contributed by atoms with van der Waals surface area (Å²) in [7, 11) is 0. The van der Waals surface area contributed by atoms with Crippen molar-refractivity contribution in [2.75, 3.05) is 0 Å². The van der Waals surface area contributed by atoms with Crippen LogP contribution in [0.4, 0.5) is 0 Å². The number of rotatable bonds is 3. The molecule has 2 nitrogen and oxygen atoms in total. The van der Waals surface area contributed by atoms with Gasteiger partial charge in [0.25, 0.3) is 0 Å². The van der Waals surface area contributed by atoms with Crippen molar-refractivity contribution < 1.29 is 0 Å². The molecule has 3 heterocycles. The topological polar surface area (TPSA) is 17.8 Å². The molecule has 0 bridgehead atoms. The van der Waals surface area contributed by atoms with Crippen LogP contribution in [0.15, 0.2) is 165 Å². The monoisotopic (exact) mass is 650 g/mol. The predicted molar refractivity (Wildman–Crippen MR) is 202 cm³/mol. The molecule has 228 valence electrons. The van der Waals surface area contributed by atoms with Crippen molar-refractivity contribution >= 4 is 45.3 Å². The zero-order valence-electron chi connectivity index (χ0n) is 26.6. The van der Waals surface area contributed by atoms with Gasteiger partial charge >= 0.3 is 0 Å². The lowest BCUT2D eigenvalue weighted by molar-refractivity contribution is 0.666. The first-order chi connectivity index (χ1) is 23.6. The fraction of sp³-hybridized carbons (Fsp3) is 0.0682. The van der Waals surface area contributed by atoms with Crippen molar-refractivity contribution in [2.24, 2.45) is 0 Å². The average molecular weight is 651 g/mol. The molecule has 0 radical (unpaired) electrons. The summed E-state index contributed by atoms with van der Waals surface area (Å²) < 4.78 is 2.46. The van der Waals surface area contributed by atoms with Crippen molar-refractivity contribution in [3.05, 3.63) is 157 Å². The van der Waals surface area contributed by atoms with Crippen LogP contribution in [-0.2, 0) is 5.41 Å². The molecule has 0 saturated carbocycles. The minimum absolute atomic E-state index is 0.149. The van der Waals surface area contributed by atoms with Gasteiger partial charge in [-0.3, -0.25) is 4.57 Å². The van der Waals surface area contributed by atoms with E-state index in [-0.39, 0.29) is 5.41 Å². The Balaban J connectivity index is 1.34. The minimum atomic E-state index is -0.149. The number of pyridine rings is 1. The second-order valence-electron chi connectivity index (χ2n) is 13.2. The van der Waals surface area contributed by atoms with E-state index in [4.69, 9.17) is 4.98 Å². The average Bonchev–Trinajstić information content (AvgIpc) is 3.60. The molecule has 0 fully saturated rings. The molecule has 0 spiro atoms. The Hall–Kier alpha value is -5.03. The second-order valence-corrected chi connectivity index (χ2v) is 15.3. The molecule has 10 rings (SSSR count). The summed E-state index contributed by atoms with van der Waals surface area (Å²) in [6.45, 7) is 4.78. The van der Waals surface area contributed by atoms with E-state index in [0.29, 0.717) is 0 Å². The summed E-state index contributed by atoms with van der Waals surface area (Å²) in [5.74, 6) is 0.932. The van der Waals surface area contributed by atoms with Crippen molar-refractivity contribution in [1.29, 1.82) is 0 Å². The van der Waals surface area contributed by atoms with Crippen molar-refractivity contribution in [3.8, 4) is 39.3 Å². The van der Waals surface area contributed by atoms with Crippen LogP contribution in [0.25, 0.3) is 61.1 Å². The standard InChI is InChI=1S/C44H30N2S2/c1-44(2)33-18-10-9-17-30(33)31-21-23-35-40(41(31)44)32-22-24-38-43(48-37-20-12-11-19-36(37)47-38)42(32)46(35)39-26-29(27-13-5-3-6-14-27)25-34(45-39)28-15-7-4-8-16-28/h3-26H,1-2H3. The molecule has 4 heteroatoms. The van der Waals surface area contributed by atoms with Crippen LogP contribution in [0.2, 0.25) is 0 Å². The molecule has 48 heavy (non-hydrogen) atoms. The number of aromatic nitrogens is 2. The SMILES string of the molecule is CC1(C)c2ccccc2-c2ccc3c(c21)c1ccc2c(c1n3-c1cc(-c3ccccc3)cc(-c3ccccc3)n1)Sc1ccccc1S2. The third kappa shape index (κ3) is 4.06. The van der Waals surface area contributed by atoms with Crippen molar-refractivity contribution in [2.45, 2.75) is 38.8 Å². The Morgan fingerprint density at radius 3 is 2.04 bits per heavy atom. The van der Waals surface area contributed by atoms with Crippen LogP contribution in [0.3, 0.4) is 0 Å². The highest BCUT2D eigenvalue weighted by Gasteiger charge is 2.38. The van der Waals surface area contributed by atoms with E-state index < -0.39 is 0 Å². The van der Waals surface area contributed by atoms with Crippen molar-refractivity contribution in [1.82, 2.24) is 9.55 Å². The van der Waals surface area contributed by atoms with E-state index in [1.165, 1.54) is 69.2 Å². The molecule has 6 aromatic carbocycles. The lowest BCUT2D eigenvalue weighted by Crippen LogP contribution is -2.15. The molecule has 0 unspecified atom stereocenters. The van der Waals surface area contributed by atoms with Gasteiger partial charge in [-0.05, 0) is 69.8 Å². The van der Waals surface area contributed by atoms with Gasteiger partial charge in [-0.15, -0.1) is 0 Å². The Morgan fingerprint density at radius 2 is 1.25 bits per heavy atom. The fourth-order valence-electron chi connectivity index (χ4n) is 7.87. The highest BCUT2D eigenvalue weighted by molar-refractivity contribution is 8.05. The molecule has 0 saturated heterocycles. The number of hydrogen-bond donors (Lipinski definition) is 0.